The number of anilines is 6. The number of hydrogen-bond donors (Lipinski definition) is 0. The zero-order chi connectivity index (χ0) is 45.6. The van der Waals surface area contributed by atoms with Gasteiger partial charge in [0.1, 0.15) is 0 Å². The van der Waals surface area contributed by atoms with E-state index >= 15 is 0 Å². The van der Waals surface area contributed by atoms with Crippen LogP contribution in [0.1, 0.15) is 112 Å². The van der Waals surface area contributed by atoms with Gasteiger partial charge in [0.25, 0.3) is 6.71 Å². The van der Waals surface area contributed by atoms with Gasteiger partial charge in [-0.2, -0.15) is 0 Å². The molecule has 4 aliphatic rings. The number of benzene rings is 7. The molecule has 62 heavy (non-hydrogen) atoms. The lowest BCUT2D eigenvalue weighted by Gasteiger charge is -2.48. The van der Waals surface area contributed by atoms with Crippen LogP contribution in [0.2, 0.25) is 0 Å². The topological polar surface area (TPSA) is 6.48 Å². The molecular weight excluding hydrogens is 747 g/mol. The minimum absolute atomic E-state index is 0.0199. The molecule has 2 aliphatic carbocycles. The molecule has 0 N–H and O–H groups in total. The summed E-state index contributed by atoms with van der Waals surface area (Å²) in [5, 5.41) is 0. The summed E-state index contributed by atoms with van der Waals surface area (Å²) in [5.41, 5.74) is 21.5. The Labute approximate surface area is 375 Å². The van der Waals surface area contributed by atoms with Crippen molar-refractivity contribution in [3.8, 4) is 22.3 Å². The van der Waals surface area contributed by atoms with Gasteiger partial charge in [0.2, 0.25) is 0 Å². The SMILES string of the molecule is [2H]C([2H])([2H])c1cc2c3c(c1)N(c1cc4c(cc1C)C(C)(C)CC4(C)C)c1cc4c(cc1B3c1cc(-c3ccccc3)ccc1N2c1ccc(-c2ccccc2)cc1)C(C)(C)CCC4(C)C. The average molecular weight is 810 g/mol. The molecule has 2 nitrogen and oxygen atoms in total. The zero-order valence-corrected chi connectivity index (χ0v) is 37.9. The highest BCUT2D eigenvalue weighted by molar-refractivity contribution is 7.00. The highest BCUT2D eigenvalue weighted by Gasteiger charge is 2.48. The zero-order valence-electron chi connectivity index (χ0n) is 40.9. The molecule has 0 spiro atoms. The highest BCUT2D eigenvalue weighted by Crippen LogP contribution is 2.54. The standard InChI is InChI=1S/C59H59BN2/c1-37-29-53-55-54(30-37)62(51-34-47-44(31-38(51)2)58(7,8)36-59(47,9)10)52-35-46-45(56(3,4)27-28-57(46,5)6)33-49(52)60(55)48-32-42(40-19-15-12-16-20-40)23-26-50(48)61(53)43-24-21-41(22-25-43)39-17-13-11-14-18-39/h11-26,29-35H,27-28,36H2,1-10H3/i1D3. The van der Waals surface area contributed by atoms with Crippen molar-refractivity contribution in [1.82, 2.24) is 0 Å². The third-order valence-corrected chi connectivity index (χ3v) is 15.3. The molecule has 0 fully saturated rings. The summed E-state index contributed by atoms with van der Waals surface area (Å²) < 4.78 is 27.2. The van der Waals surface area contributed by atoms with Crippen molar-refractivity contribution in [2.24, 2.45) is 0 Å². The lowest BCUT2D eigenvalue weighted by atomic mass is 9.33. The molecule has 2 heterocycles. The van der Waals surface area contributed by atoms with Crippen LogP contribution in [0.3, 0.4) is 0 Å². The van der Waals surface area contributed by atoms with Crippen LogP contribution in [0.25, 0.3) is 22.3 Å². The highest BCUT2D eigenvalue weighted by atomic mass is 15.2. The summed E-state index contributed by atoms with van der Waals surface area (Å²) in [7, 11) is 0. The minimum atomic E-state index is -2.35. The molecule has 0 atom stereocenters. The molecule has 11 rings (SSSR count). The quantitative estimate of drug-likeness (QED) is 0.163. The maximum Gasteiger partial charge on any atom is 0.252 e. The van der Waals surface area contributed by atoms with E-state index in [1.165, 1.54) is 44.3 Å². The molecule has 3 heteroatoms. The van der Waals surface area contributed by atoms with E-state index in [4.69, 9.17) is 4.11 Å². The van der Waals surface area contributed by atoms with Gasteiger partial charge in [-0.1, -0.05) is 152 Å². The van der Waals surface area contributed by atoms with Crippen molar-refractivity contribution in [2.45, 2.75) is 110 Å². The molecule has 2 aliphatic heterocycles. The van der Waals surface area contributed by atoms with Crippen LogP contribution in [0.5, 0.6) is 0 Å². The fraction of sp³-hybridized carbons (Fsp3) is 0.288. The predicted octanol–water partition coefficient (Wildman–Crippen LogP) is 14.0. The van der Waals surface area contributed by atoms with Crippen LogP contribution in [0.15, 0.2) is 140 Å². The van der Waals surface area contributed by atoms with Crippen molar-refractivity contribution >= 4 is 57.2 Å². The summed E-state index contributed by atoms with van der Waals surface area (Å²) in [4.78, 5) is 4.83. The number of nitrogens with zero attached hydrogens (tertiary/aromatic N) is 2. The van der Waals surface area contributed by atoms with Gasteiger partial charge in [0.05, 0.1) is 0 Å². The Morgan fingerprint density at radius 1 is 0.452 bits per heavy atom. The average Bonchev–Trinajstić information content (AvgIpc) is 3.45. The number of hydrogen-bond acceptors (Lipinski definition) is 2. The van der Waals surface area contributed by atoms with Crippen LogP contribution in [-0.2, 0) is 21.7 Å². The first-order valence-electron chi connectivity index (χ1n) is 24.2. The van der Waals surface area contributed by atoms with E-state index in [2.05, 4.69) is 200 Å². The van der Waals surface area contributed by atoms with E-state index < -0.39 is 6.85 Å². The summed E-state index contributed by atoms with van der Waals surface area (Å²) in [6.07, 6.45) is 3.28. The second kappa shape index (κ2) is 13.4. The van der Waals surface area contributed by atoms with Gasteiger partial charge in [-0.3, -0.25) is 0 Å². The maximum absolute atomic E-state index is 9.06. The molecule has 0 amide bonds. The molecular formula is C59H59BN2. The molecule has 0 saturated carbocycles. The number of rotatable bonds is 4. The van der Waals surface area contributed by atoms with Crippen LogP contribution < -0.4 is 26.2 Å². The molecule has 7 aromatic carbocycles. The lowest BCUT2D eigenvalue weighted by Crippen LogP contribution is -2.62. The van der Waals surface area contributed by atoms with E-state index in [9.17, 15) is 0 Å². The molecule has 0 radical (unpaired) electrons. The van der Waals surface area contributed by atoms with E-state index in [0.717, 1.165) is 75.5 Å². The fourth-order valence-corrected chi connectivity index (χ4v) is 12.2. The largest absolute Gasteiger partial charge is 0.311 e. The molecule has 0 bridgehead atoms. The normalized spacial score (nSPS) is 19.0. The van der Waals surface area contributed by atoms with Crippen LogP contribution in [-0.4, -0.2) is 6.71 Å². The molecule has 0 unspecified atom stereocenters. The summed E-state index contributed by atoms with van der Waals surface area (Å²) >= 11 is 0. The Bertz CT molecular complexity index is 3070. The summed E-state index contributed by atoms with van der Waals surface area (Å²) in [5.74, 6) is 0. The van der Waals surface area contributed by atoms with Crippen LogP contribution in [0.4, 0.5) is 34.1 Å². The van der Waals surface area contributed by atoms with Gasteiger partial charge in [0, 0.05) is 38.2 Å². The minimum Gasteiger partial charge on any atom is -0.311 e. The van der Waals surface area contributed by atoms with Gasteiger partial charge in [0.15, 0.2) is 0 Å². The summed E-state index contributed by atoms with van der Waals surface area (Å²) in [6.45, 7) is 19.0. The Hall–Kier alpha value is -5.80. The molecule has 0 aromatic heterocycles. The van der Waals surface area contributed by atoms with Gasteiger partial charge >= 0.3 is 0 Å². The second-order valence-corrected chi connectivity index (χ2v) is 21.4. The Morgan fingerprint density at radius 2 is 0.952 bits per heavy atom. The summed E-state index contributed by atoms with van der Waals surface area (Å²) in [6, 6.07) is 51.0. The van der Waals surface area contributed by atoms with Gasteiger partial charge in [-0.25, -0.2) is 0 Å². The third-order valence-electron chi connectivity index (χ3n) is 15.3. The third kappa shape index (κ3) is 5.83. The first-order valence-corrected chi connectivity index (χ1v) is 22.7. The maximum atomic E-state index is 9.06. The smallest absolute Gasteiger partial charge is 0.252 e. The molecule has 7 aromatic rings. The predicted molar refractivity (Wildman–Crippen MR) is 267 cm³/mol. The van der Waals surface area contributed by atoms with E-state index in [-0.39, 0.29) is 28.4 Å². The van der Waals surface area contributed by atoms with Crippen molar-refractivity contribution in [3.05, 3.63) is 173 Å². The number of aryl methyl sites for hydroxylation is 2. The van der Waals surface area contributed by atoms with Crippen LogP contribution in [0, 0.1) is 13.8 Å². The van der Waals surface area contributed by atoms with Crippen molar-refractivity contribution in [1.29, 1.82) is 0 Å². The van der Waals surface area contributed by atoms with Crippen molar-refractivity contribution < 1.29 is 4.11 Å². The van der Waals surface area contributed by atoms with Crippen molar-refractivity contribution in [2.75, 3.05) is 9.80 Å². The van der Waals surface area contributed by atoms with Crippen molar-refractivity contribution in [3.63, 3.8) is 0 Å². The first kappa shape index (κ1) is 35.8. The van der Waals surface area contributed by atoms with Gasteiger partial charge in [-0.15, -0.1) is 0 Å². The van der Waals surface area contributed by atoms with Crippen LogP contribution >= 0.6 is 0 Å². The first-order chi connectivity index (χ1) is 30.7. The van der Waals surface area contributed by atoms with E-state index in [1.807, 2.05) is 12.1 Å². The van der Waals surface area contributed by atoms with E-state index in [0.29, 0.717) is 5.56 Å². The number of fused-ring (bicyclic) bond motifs is 6. The molecule has 308 valence electrons. The Balaban J connectivity index is 1.26. The Morgan fingerprint density at radius 3 is 1.58 bits per heavy atom. The Kier molecular flexibility index (Phi) is 7.70. The van der Waals surface area contributed by atoms with Gasteiger partial charge < -0.3 is 9.80 Å². The fourth-order valence-electron chi connectivity index (χ4n) is 12.2. The lowest BCUT2D eigenvalue weighted by molar-refractivity contribution is 0.332. The second-order valence-electron chi connectivity index (χ2n) is 21.4. The van der Waals surface area contributed by atoms with Gasteiger partial charge in [-0.05, 0) is 169 Å². The monoisotopic (exact) mass is 809 g/mol. The van der Waals surface area contributed by atoms with E-state index in [1.54, 1.807) is 0 Å². The molecule has 0 saturated heterocycles.